The fourth-order valence-electron chi connectivity index (χ4n) is 4.11. The molecule has 0 aromatic rings. The fraction of sp³-hybridized carbons (Fsp3) is 0.862. The molecule has 0 spiro atoms. The normalized spacial score (nSPS) is 11.8. The number of esters is 4. The van der Waals surface area contributed by atoms with Gasteiger partial charge in [-0.2, -0.15) is 0 Å². The molecule has 0 bridgehead atoms. The van der Waals surface area contributed by atoms with Crippen LogP contribution in [0.3, 0.4) is 0 Å². The minimum atomic E-state index is -1.22. The second-order valence-corrected chi connectivity index (χ2v) is 9.98. The van der Waals surface area contributed by atoms with Crippen LogP contribution in [-0.4, -0.2) is 50.3 Å². The predicted octanol–water partition coefficient (Wildman–Crippen LogP) is 5.89. The van der Waals surface area contributed by atoms with Gasteiger partial charge in [0.2, 0.25) is 0 Å². The van der Waals surface area contributed by atoms with E-state index in [1.54, 1.807) is 0 Å². The molecule has 0 aromatic heterocycles. The van der Waals surface area contributed by atoms with Gasteiger partial charge in [0.05, 0.1) is 23.7 Å². The quantitative estimate of drug-likeness (QED) is 0.142. The van der Waals surface area contributed by atoms with Gasteiger partial charge in [-0.1, -0.05) is 55.4 Å². The Hall–Kier alpha value is -2.12. The Balaban J connectivity index is 6.06. The molecule has 0 N–H and O–H groups in total. The Morgan fingerprint density at radius 2 is 0.568 bits per heavy atom. The van der Waals surface area contributed by atoms with Crippen molar-refractivity contribution >= 4 is 23.9 Å². The first-order valence-corrected chi connectivity index (χ1v) is 14.3. The summed E-state index contributed by atoms with van der Waals surface area (Å²) in [5, 5.41) is 0. The smallest absolute Gasteiger partial charge is 0.308 e. The Bertz CT molecular complexity index is 556. The van der Waals surface area contributed by atoms with E-state index in [2.05, 4.69) is 0 Å². The van der Waals surface area contributed by atoms with Crippen molar-refractivity contribution in [3.63, 3.8) is 0 Å². The van der Waals surface area contributed by atoms with Gasteiger partial charge in [0.25, 0.3) is 0 Å². The van der Waals surface area contributed by atoms with Crippen molar-refractivity contribution < 1.29 is 38.1 Å². The Kier molecular flexibility index (Phi) is 17.9. The predicted molar refractivity (Wildman–Crippen MR) is 143 cm³/mol. The first kappa shape index (κ1) is 34.9. The zero-order valence-electron chi connectivity index (χ0n) is 24.6. The van der Waals surface area contributed by atoms with E-state index in [1.165, 1.54) is 0 Å². The monoisotopic (exact) mass is 528 g/mol. The SMILES string of the molecule is CCC(CC)C(=O)OCC(COC(=O)C(CC)CC)(COC(=O)C(CC)CC)COC(=O)C(CC)CC. The standard InChI is InChI=1S/C29H52O8/c1-9-21(10-2)25(30)34-17-29(18-35-26(31)22(11-3)12-4,19-36-27(32)23(13-5)14-6)20-37-28(33)24(15-7)16-8/h21-24H,9-20H2,1-8H3. The summed E-state index contributed by atoms with van der Waals surface area (Å²) in [5.74, 6) is -2.60. The molecule has 0 aliphatic rings. The molecule has 0 fully saturated rings. The Morgan fingerprint density at radius 1 is 0.405 bits per heavy atom. The third-order valence-corrected chi connectivity index (χ3v) is 7.36. The molecule has 216 valence electrons. The average molecular weight is 529 g/mol. The maximum absolute atomic E-state index is 12.7. The van der Waals surface area contributed by atoms with E-state index in [0.717, 1.165) is 0 Å². The lowest BCUT2D eigenvalue weighted by atomic mass is 9.91. The number of hydrogen-bond donors (Lipinski definition) is 0. The molecule has 37 heavy (non-hydrogen) atoms. The van der Waals surface area contributed by atoms with Crippen molar-refractivity contribution in [3.8, 4) is 0 Å². The molecule has 0 heterocycles. The number of hydrogen-bond acceptors (Lipinski definition) is 8. The lowest BCUT2D eigenvalue weighted by Gasteiger charge is -2.33. The minimum absolute atomic E-state index is 0.203. The van der Waals surface area contributed by atoms with Crippen LogP contribution in [0.4, 0.5) is 0 Å². The molecule has 0 aliphatic carbocycles. The molecule has 0 amide bonds. The zero-order chi connectivity index (χ0) is 28.4. The van der Waals surface area contributed by atoms with Gasteiger partial charge < -0.3 is 18.9 Å². The molecule has 8 heteroatoms. The summed E-state index contributed by atoms with van der Waals surface area (Å²) in [5.41, 5.74) is -1.22. The first-order chi connectivity index (χ1) is 17.6. The highest BCUT2D eigenvalue weighted by Crippen LogP contribution is 2.26. The molecule has 8 nitrogen and oxygen atoms in total. The van der Waals surface area contributed by atoms with E-state index in [-0.39, 0.29) is 74.0 Å². The molecule has 0 saturated carbocycles. The maximum atomic E-state index is 12.7. The molecule has 0 aliphatic heterocycles. The van der Waals surface area contributed by atoms with Crippen LogP contribution >= 0.6 is 0 Å². The van der Waals surface area contributed by atoms with Crippen LogP contribution in [0.5, 0.6) is 0 Å². The summed E-state index contributed by atoms with van der Waals surface area (Å²) in [4.78, 5) is 50.9. The Morgan fingerprint density at radius 3 is 0.703 bits per heavy atom. The number of carbonyl (C=O) groups is 4. The number of ether oxygens (including phenoxy) is 4. The Labute approximate surface area is 224 Å². The van der Waals surface area contributed by atoms with Crippen LogP contribution in [-0.2, 0) is 38.1 Å². The van der Waals surface area contributed by atoms with Gasteiger partial charge in [-0.25, -0.2) is 0 Å². The van der Waals surface area contributed by atoms with Crippen molar-refractivity contribution in [2.45, 2.75) is 107 Å². The molecule has 0 aromatic carbocycles. The molecule has 0 unspecified atom stereocenters. The van der Waals surface area contributed by atoms with Gasteiger partial charge >= 0.3 is 23.9 Å². The summed E-state index contributed by atoms with van der Waals surface area (Å²) >= 11 is 0. The summed E-state index contributed by atoms with van der Waals surface area (Å²) in [7, 11) is 0. The summed E-state index contributed by atoms with van der Waals surface area (Å²) in [6.07, 6.45) is 4.99. The molecule has 0 rings (SSSR count). The van der Waals surface area contributed by atoms with E-state index in [4.69, 9.17) is 18.9 Å². The second kappa shape index (κ2) is 19.0. The van der Waals surface area contributed by atoms with E-state index < -0.39 is 5.41 Å². The van der Waals surface area contributed by atoms with E-state index in [0.29, 0.717) is 51.4 Å². The highest BCUT2D eigenvalue weighted by Gasteiger charge is 2.39. The van der Waals surface area contributed by atoms with Gasteiger partial charge in [0.15, 0.2) is 0 Å². The minimum Gasteiger partial charge on any atom is -0.464 e. The second-order valence-electron chi connectivity index (χ2n) is 9.98. The number of rotatable bonds is 20. The van der Waals surface area contributed by atoms with Crippen LogP contribution < -0.4 is 0 Å². The zero-order valence-corrected chi connectivity index (χ0v) is 24.6. The third-order valence-electron chi connectivity index (χ3n) is 7.36. The fourth-order valence-corrected chi connectivity index (χ4v) is 4.11. The van der Waals surface area contributed by atoms with Crippen LogP contribution in [0.2, 0.25) is 0 Å². The van der Waals surface area contributed by atoms with Gasteiger partial charge in [0, 0.05) is 0 Å². The lowest BCUT2D eigenvalue weighted by molar-refractivity contribution is -0.176. The summed E-state index contributed by atoms with van der Waals surface area (Å²) in [6.45, 7) is 14.5. The van der Waals surface area contributed by atoms with Gasteiger partial charge in [0.1, 0.15) is 31.8 Å². The topological polar surface area (TPSA) is 105 Å². The van der Waals surface area contributed by atoms with Crippen LogP contribution in [0.25, 0.3) is 0 Å². The average Bonchev–Trinajstić information content (AvgIpc) is 2.90. The maximum Gasteiger partial charge on any atom is 0.308 e. The van der Waals surface area contributed by atoms with Crippen molar-refractivity contribution in [2.75, 3.05) is 26.4 Å². The first-order valence-electron chi connectivity index (χ1n) is 14.3. The van der Waals surface area contributed by atoms with Crippen molar-refractivity contribution in [1.29, 1.82) is 0 Å². The van der Waals surface area contributed by atoms with E-state index >= 15 is 0 Å². The van der Waals surface area contributed by atoms with E-state index in [1.807, 2.05) is 55.4 Å². The van der Waals surface area contributed by atoms with Crippen molar-refractivity contribution in [3.05, 3.63) is 0 Å². The van der Waals surface area contributed by atoms with Crippen molar-refractivity contribution in [1.82, 2.24) is 0 Å². The highest BCUT2D eigenvalue weighted by molar-refractivity contribution is 5.74. The molecular weight excluding hydrogens is 476 g/mol. The molecule has 0 saturated heterocycles. The van der Waals surface area contributed by atoms with Crippen molar-refractivity contribution in [2.24, 2.45) is 29.1 Å². The van der Waals surface area contributed by atoms with Gasteiger partial charge in [-0.05, 0) is 51.4 Å². The lowest BCUT2D eigenvalue weighted by Crippen LogP contribution is -2.45. The van der Waals surface area contributed by atoms with Gasteiger partial charge in [-0.3, -0.25) is 19.2 Å². The highest BCUT2D eigenvalue weighted by atomic mass is 16.6. The molecule has 0 atom stereocenters. The largest absolute Gasteiger partial charge is 0.464 e. The van der Waals surface area contributed by atoms with E-state index in [9.17, 15) is 19.2 Å². The molecular formula is C29H52O8. The van der Waals surface area contributed by atoms with Crippen LogP contribution in [0, 0.1) is 29.1 Å². The molecule has 0 radical (unpaired) electrons. The van der Waals surface area contributed by atoms with Gasteiger partial charge in [-0.15, -0.1) is 0 Å². The van der Waals surface area contributed by atoms with Crippen LogP contribution in [0.15, 0.2) is 0 Å². The summed E-state index contributed by atoms with van der Waals surface area (Å²) in [6, 6.07) is 0. The van der Waals surface area contributed by atoms with Crippen LogP contribution in [0.1, 0.15) is 107 Å². The number of carbonyl (C=O) groups excluding carboxylic acids is 4. The third kappa shape index (κ3) is 11.9. The summed E-state index contributed by atoms with van der Waals surface area (Å²) < 4.78 is 22.7.